The molecule has 0 spiro atoms. The fraction of sp³-hybridized carbons (Fsp3) is 0.182. The third-order valence-corrected chi connectivity index (χ3v) is 1.61. The number of hydrogen-bond donors (Lipinski definition) is 0. The molecule has 0 N–H and O–H groups in total. The first kappa shape index (κ1) is 10.1. The summed E-state index contributed by atoms with van der Waals surface area (Å²) in [6, 6.07) is 7.07. The molecule has 72 valence electrons. The molecule has 0 radical (unpaired) electrons. The Hall–Kier alpha value is -1.95. The maximum absolute atomic E-state index is 8.73. The lowest BCUT2D eigenvalue weighted by Gasteiger charge is -2.06. The maximum atomic E-state index is 8.73. The van der Waals surface area contributed by atoms with Gasteiger partial charge in [-0.1, -0.05) is 12.7 Å². The van der Waals surface area contributed by atoms with Crippen LogP contribution in [-0.4, -0.2) is 13.7 Å². The van der Waals surface area contributed by atoms with Gasteiger partial charge in [-0.15, -0.1) is 0 Å². The number of nitriles is 1. The summed E-state index contributed by atoms with van der Waals surface area (Å²) in [6.07, 6.45) is 1.64. The molecule has 1 aromatic carbocycles. The zero-order chi connectivity index (χ0) is 10.4. The number of ether oxygens (including phenoxy) is 2. The Bertz CT molecular complexity index is 366. The second kappa shape index (κ2) is 4.93. The lowest BCUT2D eigenvalue weighted by Crippen LogP contribution is -1.94. The fourth-order valence-corrected chi connectivity index (χ4v) is 0.993. The lowest BCUT2D eigenvalue weighted by atomic mass is 10.2. The topological polar surface area (TPSA) is 42.2 Å². The molecule has 0 aliphatic heterocycles. The minimum Gasteiger partial charge on any atom is -0.497 e. The first-order chi connectivity index (χ1) is 6.80. The predicted molar refractivity (Wildman–Crippen MR) is 53.4 cm³/mol. The molecular formula is C11H11NO2. The summed E-state index contributed by atoms with van der Waals surface area (Å²) in [7, 11) is 1.55. The monoisotopic (exact) mass is 189 g/mol. The van der Waals surface area contributed by atoms with E-state index in [0.717, 1.165) is 0 Å². The molecule has 3 nitrogen and oxygen atoms in total. The molecule has 0 heterocycles. The fourth-order valence-electron chi connectivity index (χ4n) is 0.993. The summed E-state index contributed by atoms with van der Waals surface area (Å²) in [6.45, 7) is 3.95. The van der Waals surface area contributed by atoms with Gasteiger partial charge in [-0.3, -0.25) is 0 Å². The number of hydrogen-bond acceptors (Lipinski definition) is 3. The number of rotatable bonds is 4. The van der Waals surface area contributed by atoms with Gasteiger partial charge in [0.2, 0.25) is 0 Å². The summed E-state index contributed by atoms with van der Waals surface area (Å²) in [5.41, 5.74) is 0.517. The van der Waals surface area contributed by atoms with Gasteiger partial charge in [-0.25, -0.2) is 0 Å². The van der Waals surface area contributed by atoms with E-state index in [1.807, 2.05) is 6.07 Å². The van der Waals surface area contributed by atoms with Crippen molar-refractivity contribution >= 4 is 0 Å². The second-order valence-electron chi connectivity index (χ2n) is 2.61. The van der Waals surface area contributed by atoms with Crippen LogP contribution in [0, 0.1) is 11.3 Å². The van der Waals surface area contributed by atoms with E-state index in [0.29, 0.717) is 23.7 Å². The highest BCUT2D eigenvalue weighted by atomic mass is 16.5. The molecular weight excluding hydrogens is 178 g/mol. The van der Waals surface area contributed by atoms with Crippen molar-refractivity contribution < 1.29 is 9.47 Å². The standard InChI is InChI=1S/C11H11NO2/c1-3-4-14-11-6-9(8-12)5-10(7-11)13-2/h3,5-7H,1,4H2,2H3. The number of benzene rings is 1. The molecule has 0 unspecified atom stereocenters. The van der Waals surface area contributed by atoms with Gasteiger partial charge >= 0.3 is 0 Å². The van der Waals surface area contributed by atoms with E-state index in [1.165, 1.54) is 0 Å². The molecule has 14 heavy (non-hydrogen) atoms. The molecule has 0 fully saturated rings. The van der Waals surface area contributed by atoms with E-state index < -0.39 is 0 Å². The van der Waals surface area contributed by atoms with Gasteiger partial charge in [0.05, 0.1) is 18.7 Å². The van der Waals surface area contributed by atoms with Crippen molar-refractivity contribution in [2.75, 3.05) is 13.7 Å². The average molecular weight is 189 g/mol. The molecule has 0 bridgehead atoms. The van der Waals surface area contributed by atoms with Crippen LogP contribution in [0.25, 0.3) is 0 Å². The van der Waals surface area contributed by atoms with Gasteiger partial charge in [0.15, 0.2) is 0 Å². The molecule has 0 amide bonds. The number of nitrogens with zero attached hydrogens (tertiary/aromatic N) is 1. The van der Waals surface area contributed by atoms with Crippen LogP contribution >= 0.6 is 0 Å². The van der Waals surface area contributed by atoms with E-state index in [9.17, 15) is 0 Å². The zero-order valence-electron chi connectivity index (χ0n) is 7.99. The quantitative estimate of drug-likeness (QED) is 0.681. The van der Waals surface area contributed by atoms with Gasteiger partial charge in [0.1, 0.15) is 18.1 Å². The van der Waals surface area contributed by atoms with Gasteiger partial charge < -0.3 is 9.47 Å². The Labute approximate surface area is 83.2 Å². The van der Waals surface area contributed by atoms with Crippen molar-refractivity contribution in [3.8, 4) is 17.6 Å². The van der Waals surface area contributed by atoms with E-state index >= 15 is 0 Å². The van der Waals surface area contributed by atoms with E-state index in [4.69, 9.17) is 14.7 Å². The second-order valence-corrected chi connectivity index (χ2v) is 2.61. The smallest absolute Gasteiger partial charge is 0.124 e. The Kier molecular flexibility index (Phi) is 3.57. The average Bonchev–Trinajstić information content (AvgIpc) is 2.25. The van der Waals surface area contributed by atoms with E-state index in [1.54, 1.807) is 31.4 Å². The van der Waals surface area contributed by atoms with E-state index in [2.05, 4.69) is 6.58 Å². The Balaban J connectivity index is 2.93. The highest BCUT2D eigenvalue weighted by Gasteiger charge is 2.00. The Morgan fingerprint density at radius 1 is 1.43 bits per heavy atom. The maximum Gasteiger partial charge on any atom is 0.124 e. The molecule has 1 aromatic rings. The van der Waals surface area contributed by atoms with Crippen LogP contribution in [0.15, 0.2) is 30.9 Å². The largest absolute Gasteiger partial charge is 0.497 e. The molecule has 0 aromatic heterocycles. The first-order valence-corrected chi connectivity index (χ1v) is 4.13. The molecule has 0 saturated heterocycles. The third kappa shape index (κ3) is 2.53. The SMILES string of the molecule is C=CCOc1cc(C#N)cc(OC)c1. The molecule has 1 rings (SSSR count). The summed E-state index contributed by atoms with van der Waals surface area (Å²) in [4.78, 5) is 0. The van der Waals surface area contributed by atoms with Gasteiger partial charge in [-0.2, -0.15) is 5.26 Å². The predicted octanol–water partition coefficient (Wildman–Crippen LogP) is 2.13. The van der Waals surface area contributed by atoms with Crippen LogP contribution in [0.2, 0.25) is 0 Å². The summed E-state index contributed by atoms with van der Waals surface area (Å²) in [5.74, 6) is 1.23. The van der Waals surface area contributed by atoms with Crippen molar-refractivity contribution in [1.82, 2.24) is 0 Å². The summed E-state index contributed by atoms with van der Waals surface area (Å²) < 4.78 is 10.3. The molecule has 0 saturated carbocycles. The van der Waals surface area contributed by atoms with Crippen molar-refractivity contribution in [3.63, 3.8) is 0 Å². The summed E-state index contributed by atoms with van der Waals surface area (Å²) >= 11 is 0. The van der Waals surface area contributed by atoms with Crippen LogP contribution in [0.1, 0.15) is 5.56 Å². The Morgan fingerprint density at radius 2 is 2.14 bits per heavy atom. The normalized spacial score (nSPS) is 8.86. The van der Waals surface area contributed by atoms with Crippen LogP contribution < -0.4 is 9.47 Å². The molecule has 0 aliphatic rings. The van der Waals surface area contributed by atoms with Crippen molar-refractivity contribution in [1.29, 1.82) is 5.26 Å². The van der Waals surface area contributed by atoms with E-state index in [-0.39, 0.29) is 0 Å². The van der Waals surface area contributed by atoms with Crippen LogP contribution in [-0.2, 0) is 0 Å². The van der Waals surface area contributed by atoms with Crippen molar-refractivity contribution in [2.24, 2.45) is 0 Å². The van der Waals surface area contributed by atoms with Crippen LogP contribution in [0.4, 0.5) is 0 Å². The van der Waals surface area contributed by atoms with Gasteiger partial charge in [0, 0.05) is 6.07 Å². The first-order valence-electron chi connectivity index (χ1n) is 4.13. The molecule has 0 aliphatic carbocycles. The highest BCUT2D eigenvalue weighted by molar-refractivity contribution is 5.43. The minimum atomic E-state index is 0.415. The van der Waals surface area contributed by atoms with Crippen LogP contribution in [0.5, 0.6) is 11.5 Å². The van der Waals surface area contributed by atoms with Crippen molar-refractivity contribution in [2.45, 2.75) is 0 Å². The Morgan fingerprint density at radius 3 is 2.71 bits per heavy atom. The number of methoxy groups -OCH3 is 1. The minimum absolute atomic E-state index is 0.415. The van der Waals surface area contributed by atoms with Crippen molar-refractivity contribution in [3.05, 3.63) is 36.4 Å². The summed E-state index contributed by atoms with van der Waals surface area (Å²) in [5, 5.41) is 8.73. The lowest BCUT2D eigenvalue weighted by molar-refractivity contribution is 0.357. The molecule has 3 heteroatoms. The van der Waals surface area contributed by atoms with Gasteiger partial charge in [0.25, 0.3) is 0 Å². The third-order valence-electron chi connectivity index (χ3n) is 1.61. The van der Waals surface area contributed by atoms with Crippen LogP contribution in [0.3, 0.4) is 0 Å². The highest BCUT2D eigenvalue weighted by Crippen LogP contribution is 2.22. The van der Waals surface area contributed by atoms with Gasteiger partial charge in [-0.05, 0) is 12.1 Å². The zero-order valence-corrected chi connectivity index (χ0v) is 7.99. The molecule has 0 atom stereocenters.